The lowest BCUT2D eigenvalue weighted by Gasteiger charge is -2.21. The molecule has 19 nitrogen and oxygen atoms in total. The summed E-state index contributed by atoms with van der Waals surface area (Å²) in [5.41, 5.74) is 4.58. The van der Waals surface area contributed by atoms with Crippen LogP contribution >= 0.6 is 15.6 Å². The molecule has 3 rings (SSSR count). The molecule has 0 radical (unpaired) electrons. The maximum absolute atomic E-state index is 12.9. The molecule has 2 saturated heterocycles. The number of anilines is 1. The van der Waals surface area contributed by atoms with E-state index < -0.39 is 83.7 Å². The molecule has 2 aliphatic rings. The average molecular weight is 1040 g/mol. The zero-order valence-corrected chi connectivity index (χ0v) is 43.7. The highest BCUT2D eigenvalue weighted by Gasteiger charge is 2.46. The number of esters is 2. The van der Waals surface area contributed by atoms with Crippen molar-refractivity contribution < 1.29 is 71.0 Å². The quantitative estimate of drug-likeness (QED) is 0.0134. The number of epoxide rings is 1. The van der Waals surface area contributed by atoms with Gasteiger partial charge in [0.1, 0.15) is 30.7 Å². The van der Waals surface area contributed by atoms with Gasteiger partial charge in [0.05, 0.1) is 25.4 Å². The Hall–Kier alpha value is -3.32. The van der Waals surface area contributed by atoms with Gasteiger partial charge < -0.3 is 44.7 Å². The molecule has 0 aliphatic carbocycles. The molecular weight excluding hydrogens is 961 g/mol. The van der Waals surface area contributed by atoms with Crippen molar-refractivity contribution in [3.05, 3.63) is 71.4 Å². The van der Waals surface area contributed by atoms with E-state index in [1.807, 2.05) is 12.2 Å². The summed E-state index contributed by atoms with van der Waals surface area (Å²) in [6.45, 7) is 2.05. The van der Waals surface area contributed by atoms with Gasteiger partial charge in [0.25, 0.3) is 0 Å². The third kappa shape index (κ3) is 28.1. The van der Waals surface area contributed by atoms with Crippen LogP contribution in [0.3, 0.4) is 0 Å². The van der Waals surface area contributed by atoms with Crippen molar-refractivity contribution in [3.63, 3.8) is 0 Å². The Morgan fingerprint density at radius 2 is 1.23 bits per heavy atom. The summed E-state index contributed by atoms with van der Waals surface area (Å²) in [4.78, 5) is 61.9. The van der Waals surface area contributed by atoms with Crippen molar-refractivity contribution in [2.24, 2.45) is 0 Å². The van der Waals surface area contributed by atoms with Crippen molar-refractivity contribution >= 4 is 33.4 Å². The zero-order chi connectivity index (χ0) is 51.7. The van der Waals surface area contributed by atoms with Crippen molar-refractivity contribution in [2.45, 2.75) is 211 Å². The molecule has 21 heteroatoms. The standard InChI is InChI=1S/C50H83N3O16P2/c1-3-5-7-9-11-12-13-14-15-16-17-18-21-26-30-34-46(55)66-40(37-63-45(54)33-29-25-22-19-20-24-28-32-42-41(67-42)31-27-23-10-8-6-4-2)38-64-70(59,60)69-71(61,62)65-39-43-47(56)48(57)49(68-43)53-36-35-44(51)52-50(53)58/h14-15,19,22-24,27-28,35-36,40-43,47-49,56-57H,3-13,16-18,20-21,25-26,29-34,37-39H2,1-2H3,(H,59,60)(H,61,62)(H2,51,52,58)/b15-14-,22-19-,27-23-,28-24-/t40-,41?,42?,43-,47-,48-,49-/m1/s1. The number of nitrogen functional groups attached to an aromatic ring is 1. The van der Waals surface area contributed by atoms with Gasteiger partial charge >= 0.3 is 33.3 Å². The van der Waals surface area contributed by atoms with Gasteiger partial charge in [-0.25, -0.2) is 13.9 Å². The first-order valence-electron chi connectivity index (χ1n) is 25.8. The Morgan fingerprint density at radius 1 is 0.690 bits per heavy atom. The van der Waals surface area contributed by atoms with Crippen molar-refractivity contribution in [2.75, 3.05) is 25.6 Å². The molecule has 1 aromatic heterocycles. The van der Waals surface area contributed by atoms with E-state index in [4.69, 9.17) is 33.7 Å². The van der Waals surface area contributed by atoms with E-state index in [-0.39, 0.29) is 24.8 Å². The third-order valence-corrected chi connectivity index (χ3v) is 14.4. The highest BCUT2D eigenvalue weighted by molar-refractivity contribution is 7.61. The van der Waals surface area contributed by atoms with Crippen LogP contribution in [-0.4, -0.2) is 97.9 Å². The SMILES string of the molecule is CCCCC/C=C\CC1OC1C/C=C\C/C=C\CCCC(=O)OC[C@H](COP(=O)(O)OP(=O)(O)OC[C@H]1O[C@@H](n2ccc(N)nc2=O)[C@H](O)[C@@H]1O)OC(=O)CCCCCCC/C=C\CCCCCCCC. The molecule has 0 saturated carbocycles. The molecule has 71 heavy (non-hydrogen) atoms. The molecule has 2 aliphatic heterocycles. The van der Waals surface area contributed by atoms with Crippen LogP contribution in [-0.2, 0) is 51.0 Å². The average Bonchev–Trinajstić information content (AvgIpc) is 4.02. The molecule has 0 aromatic carbocycles. The number of phosphoric ester groups is 2. The maximum Gasteiger partial charge on any atom is 0.481 e. The van der Waals surface area contributed by atoms with Crippen LogP contribution < -0.4 is 11.4 Å². The largest absolute Gasteiger partial charge is 0.481 e. The van der Waals surface area contributed by atoms with Gasteiger partial charge in [-0.2, -0.15) is 9.29 Å². The van der Waals surface area contributed by atoms with E-state index in [9.17, 15) is 43.5 Å². The number of ether oxygens (including phenoxy) is 4. The van der Waals surface area contributed by atoms with Gasteiger partial charge in [0.15, 0.2) is 12.3 Å². The molecule has 2 fully saturated rings. The number of aromatic nitrogens is 2. The molecule has 3 heterocycles. The molecule has 9 atom stereocenters. The number of aliphatic hydroxyl groups excluding tert-OH is 2. The van der Waals surface area contributed by atoms with E-state index in [2.05, 4.69) is 59.6 Å². The minimum atomic E-state index is -5.44. The fourth-order valence-electron chi connectivity index (χ4n) is 7.64. The van der Waals surface area contributed by atoms with E-state index in [1.54, 1.807) is 0 Å². The van der Waals surface area contributed by atoms with Crippen LogP contribution in [0.1, 0.15) is 174 Å². The number of phosphoric acid groups is 2. The minimum absolute atomic E-state index is 0.0247. The lowest BCUT2D eigenvalue weighted by Crippen LogP contribution is -2.36. The molecule has 404 valence electrons. The number of hydrogen-bond donors (Lipinski definition) is 5. The fraction of sp³-hybridized carbons (Fsp3) is 0.720. The summed E-state index contributed by atoms with van der Waals surface area (Å²) in [5, 5.41) is 20.9. The topological polar surface area (TPSA) is 278 Å². The van der Waals surface area contributed by atoms with Crippen LogP contribution in [0.25, 0.3) is 0 Å². The molecule has 0 amide bonds. The summed E-state index contributed by atoms with van der Waals surface area (Å²) >= 11 is 0. The first-order valence-corrected chi connectivity index (χ1v) is 28.8. The summed E-state index contributed by atoms with van der Waals surface area (Å²) in [7, 11) is -10.9. The number of rotatable bonds is 41. The van der Waals surface area contributed by atoms with Gasteiger partial charge in [-0.15, -0.1) is 0 Å². The predicted molar refractivity (Wildman–Crippen MR) is 270 cm³/mol. The van der Waals surface area contributed by atoms with Gasteiger partial charge in [0.2, 0.25) is 0 Å². The van der Waals surface area contributed by atoms with Crippen molar-refractivity contribution in [1.29, 1.82) is 0 Å². The molecule has 6 N–H and O–H groups in total. The van der Waals surface area contributed by atoms with Gasteiger partial charge in [0, 0.05) is 19.0 Å². The Bertz CT molecular complexity index is 1950. The van der Waals surface area contributed by atoms with Gasteiger partial charge in [-0.3, -0.25) is 23.2 Å². The van der Waals surface area contributed by atoms with E-state index >= 15 is 0 Å². The van der Waals surface area contributed by atoms with Gasteiger partial charge in [-0.05, 0) is 83.1 Å². The number of carbonyl (C=O) groups excluding carboxylic acids is 2. The number of carbonyl (C=O) groups is 2. The number of unbranched alkanes of at least 4 members (excludes halogenated alkanes) is 15. The predicted octanol–water partition coefficient (Wildman–Crippen LogP) is 9.54. The Labute approximate surface area is 420 Å². The summed E-state index contributed by atoms with van der Waals surface area (Å²) in [5.74, 6) is -1.38. The Morgan fingerprint density at radius 3 is 1.90 bits per heavy atom. The second kappa shape index (κ2) is 35.8. The van der Waals surface area contributed by atoms with Gasteiger partial charge in [-0.1, -0.05) is 127 Å². The Balaban J connectivity index is 1.41. The summed E-state index contributed by atoms with van der Waals surface area (Å²) < 4.78 is 62.5. The smallest absolute Gasteiger partial charge is 0.462 e. The second-order valence-corrected chi connectivity index (χ2v) is 21.1. The molecule has 4 unspecified atom stereocenters. The molecule has 0 spiro atoms. The lowest BCUT2D eigenvalue weighted by molar-refractivity contribution is -0.161. The van der Waals surface area contributed by atoms with E-state index in [0.717, 1.165) is 75.0 Å². The number of allylic oxidation sites excluding steroid dienone is 6. The molecule has 0 bridgehead atoms. The summed E-state index contributed by atoms with van der Waals surface area (Å²) in [6.07, 6.45) is 33.7. The van der Waals surface area contributed by atoms with E-state index in [0.29, 0.717) is 25.4 Å². The first kappa shape index (κ1) is 62.0. The van der Waals surface area contributed by atoms with Crippen molar-refractivity contribution in [1.82, 2.24) is 9.55 Å². The van der Waals surface area contributed by atoms with Crippen molar-refractivity contribution in [3.8, 4) is 0 Å². The second-order valence-electron chi connectivity index (χ2n) is 18.1. The van der Waals surface area contributed by atoms with Crippen LogP contribution in [0.4, 0.5) is 5.82 Å². The third-order valence-electron chi connectivity index (χ3n) is 11.8. The Kier molecular flexibility index (Phi) is 31.2. The normalized spacial score (nSPS) is 22.4. The van der Waals surface area contributed by atoms with E-state index in [1.165, 1.54) is 63.9 Å². The molecular formula is C50H83N3O16P2. The highest BCUT2D eigenvalue weighted by Crippen LogP contribution is 2.60. The monoisotopic (exact) mass is 1040 g/mol. The van der Waals surface area contributed by atoms with Crippen LogP contribution in [0, 0.1) is 0 Å². The number of nitrogens with two attached hydrogens (primary N) is 1. The zero-order valence-electron chi connectivity index (χ0n) is 42.0. The lowest BCUT2D eigenvalue weighted by atomic mass is 10.1. The maximum atomic E-state index is 12.9. The van der Waals surface area contributed by atoms with Crippen LogP contribution in [0.15, 0.2) is 65.7 Å². The fourth-order valence-corrected chi connectivity index (χ4v) is 9.75. The number of aliphatic hydroxyl groups is 2. The van der Waals surface area contributed by atoms with Crippen LogP contribution in [0.5, 0.6) is 0 Å². The molecule has 1 aromatic rings. The number of hydrogen-bond acceptors (Lipinski definition) is 16. The first-order chi connectivity index (χ1) is 34.1. The van der Waals surface area contributed by atoms with Crippen LogP contribution in [0.2, 0.25) is 0 Å². The highest BCUT2D eigenvalue weighted by atomic mass is 31.3. The minimum Gasteiger partial charge on any atom is -0.462 e. The summed E-state index contributed by atoms with van der Waals surface area (Å²) in [6, 6.07) is 1.24. The number of nitrogens with zero attached hydrogens (tertiary/aromatic N) is 2.